The molecule has 0 aliphatic carbocycles. The minimum atomic E-state index is -0.796. The van der Waals surface area contributed by atoms with E-state index in [0.29, 0.717) is 6.07 Å². The number of halogens is 2. The van der Waals surface area contributed by atoms with E-state index in [4.69, 9.17) is 0 Å². The molecule has 5 nitrogen and oxygen atoms in total. The van der Waals surface area contributed by atoms with Gasteiger partial charge in [-0.3, -0.25) is 14.9 Å². The Hall–Kier alpha value is -2.83. The first-order chi connectivity index (χ1) is 10.4. The number of para-hydroxylation sites is 1. The number of hydrogen-bond donors (Lipinski definition) is 1. The van der Waals surface area contributed by atoms with Crippen molar-refractivity contribution in [2.75, 3.05) is 0 Å². The molecule has 114 valence electrons. The summed E-state index contributed by atoms with van der Waals surface area (Å²) < 4.78 is 26.5. The van der Waals surface area contributed by atoms with Crippen LogP contribution in [-0.4, -0.2) is 10.8 Å². The van der Waals surface area contributed by atoms with Crippen molar-refractivity contribution in [1.82, 2.24) is 5.32 Å². The van der Waals surface area contributed by atoms with Gasteiger partial charge in [0.05, 0.1) is 11.0 Å². The van der Waals surface area contributed by atoms with Crippen molar-refractivity contribution in [3.63, 3.8) is 0 Å². The van der Waals surface area contributed by atoms with Gasteiger partial charge < -0.3 is 5.32 Å². The molecule has 1 N–H and O–H groups in total. The summed E-state index contributed by atoms with van der Waals surface area (Å²) in [5.74, 6) is -2.22. The zero-order valence-electron chi connectivity index (χ0n) is 11.5. The van der Waals surface area contributed by atoms with Crippen LogP contribution in [0.4, 0.5) is 14.5 Å². The Morgan fingerprint density at radius 2 is 1.91 bits per heavy atom. The first-order valence-electron chi connectivity index (χ1n) is 6.39. The predicted octanol–water partition coefficient (Wildman–Crippen LogP) is 3.36. The van der Waals surface area contributed by atoms with Crippen molar-refractivity contribution in [3.8, 4) is 0 Å². The van der Waals surface area contributed by atoms with Crippen molar-refractivity contribution in [2.45, 2.75) is 13.0 Å². The van der Waals surface area contributed by atoms with E-state index >= 15 is 0 Å². The molecule has 0 aliphatic heterocycles. The molecule has 0 aliphatic rings. The summed E-state index contributed by atoms with van der Waals surface area (Å²) in [6.07, 6.45) is 0. The van der Waals surface area contributed by atoms with Gasteiger partial charge in [0.25, 0.3) is 11.6 Å². The maximum atomic E-state index is 13.7. The van der Waals surface area contributed by atoms with Crippen molar-refractivity contribution >= 4 is 11.6 Å². The highest BCUT2D eigenvalue weighted by atomic mass is 19.1. The summed E-state index contributed by atoms with van der Waals surface area (Å²) in [5.41, 5.74) is -0.373. The predicted molar refractivity (Wildman–Crippen MR) is 75.3 cm³/mol. The van der Waals surface area contributed by atoms with Crippen molar-refractivity contribution in [2.24, 2.45) is 0 Å². The first-order valence-corrected chi connectivity index (χ1v) is 6.39. The van der Waals surface area contributed by atoms with E-state index in [-0.39, 0.29) is 16.8 Å². The third-order valence-corrected chi connectivity index (χ3v) is 3.12. The summed E-state index contributed by atoms with van der Waals surface area (Å²) in [6, 6.07) is 7.68. The Balaban J connectivity index is 2.23. The third-order valence-electron chi connectivity index (χ3n) is 3.12. The van der Waals surface area contributed by atoms with E-state index < -0.39 is 28.5 Å². The average Bonchev–Trinajstić information content (AvgIpc) is 2.46. The Bertz CT molecular complexity index is 734. The van der Waals surface area contributed by atoms with Crippen LogP contribution in [0.25, 0.3) is 0 Å². The van der Waals surface area contributed by atoms with Crippen LogP contribution in [0.3, 0.4) is 0 Å². The molecule has 7 heteroatoms. The van der Waals surface area contributed by atoms with Gasteiger partial charge >= 0.3 is 0 Å². The van der Waals surface area contributed by atoms with E-state index in [1.165, 1.54) is 37.3 Å². The molecule has 2 aromatic carbocycles. The Morgan fingerprint density at radius 3 is 2.55 bits per heavy atom. The van der Waals surface area contributed by atoms with Gasteiger partial charge in [-0.05, 0) is 19.1 Å². The number of nitrogens with one attached hydrogen (secondary N) is 1. The third kappa shape index (κ3) is 3.25. The molecule has 22 heavy (non-hydrogen) atoms. The molecule has 0 heterocycles. The molecular formula is C15H12F2N2O3. The zero-order valence-corrected chi connectivity index (χ0v) is 11.5. The monoisotopic (exact) mass is 306 g/mol. The van der Waals surface area contributed by atoms with E-state index in [1.807, 2.05) is 0 Å². The number of rotatable bonds is 4. The number of nitrogens with zero attached hydrogens (tertiary/aromatic N) is 1. The Morgan fingerprint density at radius 1 is 1.23 bits per heavy atom. The van der Waals surface area contributed by atoms with Gasteiger partial charge in [0, 0.05) is 17.7 Å². The van der Waals surface area contributed by atoms with Crippen LogP contribution < -0.4 is 5.32 Å². The summed E-state index contributed by atoms with van der Waals surface area (Å²) in [4.78, 5) is 22.3. The molecule has 0 fully saturated rings. The van der Waals surface area contributed by atoms with Gasteiger partial charge in [0.1, 0.15) is 17.2 Å². The topological polar surface area (TPSA) is 72.2 Å². The fourth-order valence-electron chi connectivity index (χ4n) is 2.03. The van der Waals surface area contributed by atoms with Gasteiger partial charge in [0.15, 0.2) is 0 Å². The average molecular weight is 306 g/mol. The quantitative estimate of drug-likeness (QED) is 0.695. The molecule has 0 saturated heterocycles. The maximum Gasteiger partial charge on any atom is 0.282 e. The van der Waals surface area contributed by atoms with E-state index in [1.54, 1.807) is 0 Å². The van der Waals surface area contributed by atoms with Crippen LogP contribution in [-0.2, 0) is 0 Å². The van der Waals surface area contributed by atoms with E-state index in [9.17, 15) is 23.7 Å². The highest BCUT2D eigenvalue weighted by Crippen LogP contribution is 2.21. The molecular weight excluding hydrogens is 294 g/mol. The van der Waals surface area contributed by atoms with Gasteiger partial charge in [-0.25, -0.2) is 8.78 Å². The Kier molecular flexibility index (Phi) is 4.45. The minimum Gasteiger partial charge on any atom is -0.345 e. The molecule has 1 amide bonds. The molecule has 0 saturated carbocycles. The number of nitro groups is 1. The normalized spacial score (nSPS) is 11.8. The highest BCUT2D eigenvalue weighted by Gasteiger charge is 2.21. The molecule has 2 aromatic rings. The highest BCUT2D eigenvalue weighted by molar-refractivity contribution is 5.98. The Labute approximate surface area is 124 Å². The van der Waals surface area contributed by atoms with Gasteiger partial charge in [0.2, 0.25) is 0 Å². The molecule has 2 rings (SSSR count). The lowest BCUT2D eigenvalue weighted by molar-refractivity contribution is -0.385. The van der Waals surface area contributed by atoms with Crippen LogP contribution in [0.1, 0.15) is 28.9 Å². The lowest BCUT2D eigenvalue weighted by atomic mass is 10.1. The summed E-state index contributed by atoms with van der Waals surface area (Å²) in [6.45, 7) is 1.50. The number of carbonyl (C=O) groups is 1. The second-order valence-corrected chi connectivity index (χ2v) is 4.64. The van der Waals surface area contributed by atoms with Crippen molar-refractivity contribution < 1.29 is 18.5 Å². The minimum absolute atomic E-state index is 0.0911. The van der Waals surface area contributed by atoms with Crippen LogP contribution in [0.15, 0.2) is 42.5 Å². The zero-order chi connectivity index (χ0) is 16.3. The molecule has 0 aromatic heterocycles. The molecule has 1 unspecified atom stereocenters. The lowest BCUT2D eigenvalue weighted by Gasteiger charge is -2.15. The summed E-state index contributed by atoms with van der Waals surface area (Å²) >= 11 is 0. The molecule has 1 atom stereocenters. The molecule has 0 spiro atoms. The summed E-state index contributed by atoms with van der Waals surface area (Å²) in [7, 11) is 0. The van der Waals surface area contributed by atoms with Crippen molar-refractivity contribution in [1.29, 1.82) is 0 Å². The van der Waals surface area contributed by atoms with Gasteiger partial charge in [-0.1, -0.05) is 18.2 Å². The number of benzene rings is 2. The molecule has 0 radical (unpaired) electrons. The fourth-order valence-corrected chi connectivity index (χ4v) is 2.03. The van der Waals surface area contributed by atoms with Crippen LogP contribution in [0.5, 0.6) is 0 Å². The largest absolute Gasteiger partial charge is 0.345 e. The number of hydrogen-bond acceptors (Lipinski definition) is 3. The van der Waals surface area contributed by atoms with Gasteiger partial charge in [-0.2, -0.15) is 0 Å². The van der Waals surface area contributed by atoms with Crippen LogP contribution in [0.2, 0.25) is 0 Å². The van der Waals surface area contributed by atoms with Crippen LogP contribution >= 0.6 is 0 Å². The number of nitro benzene ring substituents is 1. The standard InChI is InChI=1S/C15H12F2N2O3/c1-9(11-7-6-10(16)8-13(11)17)18-15(20)12-4-2-3-5-14(12)19(21)22/h2-9H,1H3,(H,18,20). The lowest BCUT2D eigenvalue weighted by Crippen LogP contribution is -2.27. The van der Waals surface area contributed by atoms with Gasteiger partial charge in [-0.15, -0.1) is 0 Å². The second-order valence-electron chi connectivity index (χ2n) is 4.64. The van der Waals surface area contributed by atoms with Crippen molar-refractivity contribution in [3.05, 3.63) is 75.3 Å². The fraction of sp³-hybridized carbons (Fsp3) is 0.133. The first kappa shape index (κ1) is 15.6. The number of amides is 1. The second kappa shape index (κ2) is 6.30. The summed E-state index contributed by atoms with van der Waals surface area (Å²) in [5, 5.41) is 13.4. The molecule has 0 bridgehead atoms. The van der Waals surface area contributed by atoms with E-state index in [2.05, 4.69) is 5.32 Å². The SMILES string of the molecule is CC(NC(=O)c1ccccc1[N+](=O)[O-])c1ccc(F)cc1F. The van der Waals surface area contributed by atoms with E-state index in [0.717, 1.165) is 6.07 Å². The maximum absolute atomic E-state index is 13.7. The number of carbonyl (C=O) groups excluding carboxylic acids is 1. The smallest absolute Gasteiger partial charge is 0.282 e. The van der Waals surface area contributed by atoms with Crippen LogP contribution in [0, 0.1) is 21.7 Å².